The highest BCUT2D eigenvalue weighted by Crippen LogP contribution is 2.24. The van der Waals surface area contributed by atoms with E-state index in [2.05, 4.69) is 55.6 Å². The predicted molar refractivity (Wildman–Crippen MR) is 389 cm³/mol. The Morgan fingerprint density at radius 3 is 1.12 bits per heavy atom. The molecule has 7 unspecified atom stereocenters. The number of esters is 1. The van der Waals surface area contributed by atoms with Crippen LogP contribution in [-0.4, -0.2) is 100 Å². The molecule has 7 atom stereocenters. The van der Waals surface area contributed by atoms with Crippen molar-refractivity contribution in [2.75, 3.05) is 19.8 Å². The van der Waals surface area contributed by atoms with E-state index in [1.54, 1.807) is 6.08 Å². The van der Waals surface area contributed by atoms with Crippen LogP contribution in [0.3, 0.4) is 0 Å². The topological polar surface area (TPSA) is 175 Å². The van der Waals surface area contributed by atoms with E-state index >= 15 is 0 Å². The zero-order chi connectivity index (χ0) is 66.5. The van der Waals surface area contributed by atoms with Crippen LogP contribution >= 0.6 is 0 Å². The van der Waals surface area contributed by atoms with Gasteiger partial charge in [-0.25, -0.2) is 0 Å². The lowest BCUT2D eigenvalue weighted by molar-refractivity contribution is -0.302. The molecular formula is C81H151NO10. The van der Waals surface area contributed by atoms with Crippen LogP contribution in [0.4, 0.5) is 0 Å². The van der Waals surface area contributed by atoms with Crippen LogP contribution in [0, 0.1) is 0 Å². The highest BCUT2D eigenvalue weighted by molar-refractivity contribution is 5.76. The Hall–Kier alpha value is -2.38. The Kier molecular flexibility index (Phi) is 66.6. The van der Waals surface area contributed by atoms with Crippen molar-refractivity contribution in [3.05, 3.63) is 48.6 Å². The summed E-state index contributed by atoms with van der Waals surface area (Å²) in [5, 5.41) is 54.3. The molecule has 6 N–H and O–H groups in total. The standard InChI is InChI=1S/C81H151NO10/c1-3-5-7-9-11-13-14-15-16-43-46-49-53-57-61-65-69-77(86)90-70-66-62-58-54-50-47-44-41-39-37-35-33-31-29-27-25-23-21-19-17-18-20-22-24-26-28-30-32-34-36-38-40-42-45-48-52-56-60-64-68-76(85)82-73(74(84)67-63-59-55-51-12-10-8-6-4-2)72-91-81-80(89)79(88)78(87)75(71-83)92-81/h13-14,16-18,43,63,67,73-75,78-81,83-84,87-89H,3-12,15,19-42,44-62,64-66,68-72H2,1-2H3,(H,82,85)/b14-13-,18-17-,43-16-,67-63+. The van der Waals surface area contributed by atoms with Crippen molar-refractivity contribution in [2.24, 2.45) is 0 Å². The van der Waals surface area contributed by atoms with Crippen LogP contribution in [0.1, 0.15) is 393 Å². The number of allylic oxidation sites excluding steroid dienone is 7. The zero-order valence-electron chi connectivity index (χ0n) is 60.3. The van der Waals surface area contributed by atoms with E-state index in [-0.39, 0.29) is 18.5 Å². The number of unbranched alkanes of at least 4 members (excludes halogenated alkanes) is 51. The maximum absolute atomic E-state index is 13.0. The van der Waals surface area contributed by atoms with Gasteiger partial charge in [0.15, 0.2) is 6.29 Å². The molecule has 92 heavy (non-hydrogen) atoms. The molecule has 0 aromatic rings. The van der Waals surface area contributed by atoms with Crippen LogP contribution in [0.15, 0.2) is 48.6 Å². The van der Waals surface area contributed by atoms with Gasteiger partial charge >= 0.3 is 5.97 Å². The summed E-state index contributed by atoms with van der Waals surface area (Å²) in [6, 6.07) is -0.805. The molecule has 0 saturated carbocycles. The number of hydrogen-bond acceptors (Lipinski definition) is 10. The van der Waals surface area contributed by atoms with Gasteiger partial charge in [0, 0.05) is 12.8 Å². The van der Waals surface area contributed by atoms with Crippen molar-refractivity contribution in [1.29, 1.82) is 0 Å². The van der Waals surface area contributed by atoms with Gasteiger partial charge in [-0.3, -0.25) is 9.59 Å². The minimum atomic E-state index is -1.57. The lowest BCUT2D eigenvalue weighted by Gasteiger charge is -2.40. The molecule has 0 bridgehead atoms. The molecule has 1 aliphatic rings. The van der Waals surface area contributed by atoms with Gasteiger partial charge in [-0.2, -0.15) is 0 Å². The molecule has 1 heterocycles. The second-order valence-electron chi connectivity index (χ2n) is 27.8. The van der Waals surface area contributed by atoms with Crippen molar-refractivity contribution in [3.63, 3.8) is 0 Å². The number of nitrogens with one attached hydrogen (secondary N) is 1. The second kappa shape index (κ2) is 70.0. The fourth-order valence-electron chi connectivity index (χ4n) is 12.6. The van der Waals surface area contributed by atoms with E-state index in [9.17, 15) is 35.1 Å². The molecule has 1 amide bonds. The monoisotopic (exact) mass is 1300 g/mol. The maximum atomic E-state index is 13.0. The van der Waals surface area contributed by atoms with E-state index < -0.39 is 49.5 Å². The predicted octanol–water partition coefficient (Wildman–Crippen LogP) is 21.5. The molecular weight excluding hydrogens is 1150 g/mol. The maximum Gasteiger partial charge on any atom is 0.305 e. The third-order valence-electron chi connectivity index (χ3n) is 18.9. The molecule has 11 heteroatoms. The van der Waals surface area contributed by atoms with Gasteiger partial charge in [-0.15, -0.1) is 0 Å². The van der Waals surface area contributed by atoms with Crippen LogP contribution in [0.2, 0.25) is 0 Å². The Morgan fingerprint density at radius 2 is 0.728 bits per heavy atom. The first kappa shape index (κ1) is 87.6. The Bertz CT molecular complexity index is 1670. The van der Waals surface area contributed by atoms with Crippen molar-refractivity contribution < 1.29 is 49.3 Å². The molecule has 0 aromatic heterocycles. The summed E-state index contributed by atoms with van der Waals surface area (Å²) in [6.45, 7) is 4.33. The molecule has 1 saturated heterocycles. The van der Waals surface area contributed by atoms with E-state index in [0.717, 1.165) is 64.2 Å². The van der Waals surface area contributed by atoms with Crippen LogP contribution in [-0.2, 0) is 23.8 Å². The minimum absolute atomic E-state index is 0.00351. The number of amides is 1. The summed E-state index contributed by atoms with van der Waals surface area (Å²) in [4.78, 5) is 25.1. The van der Waals surface area contributed by atoms with E-state index in [1.807, 2.05) is 6.08 Å². The number of rotatable bonds is 71. The molecule has 540 valence electrons. The quantitative estimate of drug-likeness (QED) is 0.0195. The Labute approximate surface area is 567 Å². The Balaban J connectivity index is 1.85. The van der Waals surface area contributed by atoms with Crippen LogP contribution < -0.4 is 5.32 Å². The number of carbonyl (C=O) groups excluding carboxylic acids is 2. The summed E-state index contributed by atoms with van der Waals surface area (Å²) >= 11 is 0. The number of aliphatic hydroxyl groups excluding tert-OH is 5. The average molecular weight is 1300 g/mol. The molecule has 0 aliphatic carbocycles. The third-order valence-corrected chi connectivity index (χ3v) is 18.9. The van der Waals surface area contributed by atoms with Crippen LogP contribution in [0.5, 0.6) is 0 Å². The highest BCUT2D eigenvalue weighted by Gasteiger charge is 2.44. The van der Waals surface area contributed by atoms with Gasteiger partial charge in [0.2, 0.25) is 5.91 Å². The normalized spacial score (nSPS) is 17.8. The first-order valence-electron chi connectivity index (χ1n) is 39.9. The molecule has 0 radical (unpaired) electrons. The second-order valence-corrected chi connectivity index (χ2v) is 27.8. The van der Waals surface area contributed by atoms with Crippen molar-refractivity contribution in [1.82, 2.24) is 5.32 Å². The summed E-state index contributed by atoms with van der Waals surface area (Å²) in [6.07, 6.45) is 83.1. The van der Waals surface area contributed by atoms with Gasteiger partial charge < -0.3 is 45.1 Å². The summed E-state index contributed by atoms with van der Waals surface area (Å²) in [5.41, 5.74) is 0. The number of carbonyl (C=O) groups is 2. The van der Waals surface area contributed by atoms with Crippen molar-refractivity contribution in [2.45, 2.75) is 436 Å². The number of ether oxygens (including phenoxy) is 3. The fourth-order valence-corrected chi connectivity index (χ4v) is 12.6. The van der Waals surface area contributed by atoms with Crippen molar-refractivity contribution in [3.8, 4) is 0 Å². The van der Waals surface area contributed by atoms with Gasteiger partial charge in [-0.1, -0.05) is 339 Å². The molecule has 1 aliphatic heterocycles. The van der Waals surface area contributed by atoms with Gasteiger partial charge in [0.1, 0.15) is 24.4 Å². The van der Waals surface area contributed by atoms with Gasteiger partial charge in [-0.05, 0) is 89.9 Å². The third kappa shape index (κ3) is 57.8. The Morgan fingerprint density at radius 1 is 0.402 bits per heavy atom. The molecule has 0 spiro atoms. The van der Waals surface area contributed by atoms with E-state index in [4.69, 9.17) is 14.2 Å². The molecule has 0 aromatic carbocycles. The first-order valence-corrected chi connectivity index (χ1v) is 39.9. The zero-order valence-corrected chi connectivity index (χ0v) is 60.3. The molecule has 11 nitrogen and oxygen atoms in total. The lowest BCUT2D eigenvalue weighted by atomic mass is 9.99. The largest absolute Gasteiger partial charge is 0.466 e. The summed E-state index contributed by atoms with van der Waals surface area (Å²) in [7, 11) is 0. The van der Waals surface area contributed by atoms with E-state index in [0.29, 0.717) is 19.4 Å². The van der Waals surface area contributed by atoms with Crippen LogP contribution in [0.25, 0.3) is 0 Å². The number of hydrogen-bond donors (Lipinski definition) is 6. The number of aliphatic hydroxyl groups is 5. The first-order chi connectivity index (χ1) is 45.2. The smallest absolute Gasteiger partial charge is 0.305 e. The lowest BCUT2D eigenvalue weighted by Crippen LogP contribution is -2.60. The van der Waals surface area contributed by atoms with Gasteiger partial charge in [0.25, 0.3) is 0 Å². The van der Waals surface area contributed by atoms with Crippen molar-refractivity contribution >= 4 is 11.9 Å². The van der Waals surface area contributed by atoms with Gasteiger partial charge in [0.05, 0.1) is 32.0 Å². The minimum Gasteiger partial charge on any atom is -0.466 e. The van der Waals surface area contributed by atoms with E-state index in [1.165, 1.54) is 302 Å². The summed E-state index contributed by atoms with van der Waals surface area (Å²) < 4.78 is 16.7. The average Bonchev–Trinajstić information content (AvgIpc) is 0.909. The fraction of sp³-hybridized carbons (Fsp3) is 0.877. The SMILES string of the molecule is CCCCCC/C=C\C/C=C\CCCCCCCC(=O)OCCCCCCCCCCCCCCCCCCCC/C=C\CCCCCCCCCCCCCCCCCCCC(=O)NC(COC1OC(CO)C(O)C(O)C1O)C(O)/C=C/CCCCCCCCC. The highest BCUT2D eigenvalue weighted by atomic mass is 16.7. The summed E-state index contributed by atoms with van der Waals surface area (Å²) in [5.74, 6) is -0.174. The molecule has 1 rings (SSSR count). The molecule has 1 fully saturated rings.